The summed E-state index contributed by atoms with van der Waals surface area (Å²) in [7, 11) is 0. The summed E-state index contributed by atoms with van der Waals surface area (Å²) in [4.78, 5) is 20.6. The highest BCUT2D eigenvalue weighted by atomic mass is 16.6. The largest absolute Gasteiger partial charge is 0.272 e. The molecule has 96 valence electrons. The lowest BCUT2D eigenvalue weighted by Gasteiger charge is -2.03. The lowest BCUT2D eigenvalue weighted by atomic mass is 10.0. The Balaban J connectivity index is 2.34. The molecule has 0 heterocycles. The standard InChI is InChI=1S/C13H10N2O4/c16-14(17)12-6-3-4-10(9-12)8-11-5-1-2-7-13(11)15(18)19/h1-7,9H,8H2. The van der Waals surface area contributed by atoms with Crippen LogP contribution in [0.1, 0.15) is 11.1 Å². The van der Waals surface area contributed by atoms with Crippen molar-refractivity contribution >= 4 is 11.4 Å². The molecule has 0 saturated heterocycles. The van der Waals surface area contributed by atoms with Crippen molar-refractivity contribution in [3.63, 3.8) is 0 Å². The maximum Gasteiger partial charge on any atom is 0.272 e. The molecule has 0 N–H and O–H groups in total. The van der Waals surface area contributed by atoms with E-state index >= 15 is 0 Å². The molecule has 0 spiro atoms. The second kappa shape index (κ2) is 5.26. The maximum absolute atomic E-state index is 10.9. The molecule has 0 aliphatic carbocycles. The van der Waals surface area contributed by atoms with E-state index < -0.39 is 9.85 Å². The molecule has 0 amide bonds. The molecule has 19 heavy (non-hydrogen) atoms. The van der Waals surface area contributed by atoms with Crippen molar-refractivity contribution in [2.24, 2.45) is 0 Å². The maximum atomic E-state index is 10.9. The summed E-state index contributed by atoms with van der Waals surface area (Å²) in [5, 5.41) is 21.6. The third kappa shape index (κ3) is 2.92. The van der Waals surface area contributed by atoms with Crippen LogP contribution in [0, 0.1) is 20.2 Å². The predicted octanol–water partition coefficient (Wildman–Crippen LogP) is 3.09. The highest BCUT2D eigenvalue weighted by molar-refractivity contribution is 5.44. The Kier molecular flexibility index (Phi) is 3.51. The molecule has 0 atom stereocenters. The number of nitrogens with zero attached hydrogens (tertiary/aromatic N) is 2. The second-order valence-electron chi connectivity index (χ2n) is 3.99. The van der Waals surface area contributed by atoms with Gasteiger partial charge in [0, 0.05) is 30.2 Å². The molecule has 0 fully saturated rings. The number of nitro benzene ring substituents is 2. The van der Waals surface area contributed by atoms with Crippen LogP contribution in [0.15, 0.2) is 48.5 Å². The Bertz CT molecular complexity index is 640. The zero-order valence-electron chi connectivity index (χ0n) is 9.85. The van der Waals surface area contributed by atoms with E-state index in [9.17, 15) is 20.2 Å². The topological polar surface area (TPSA) is 86.3 Å². The summed E-state index contributed by atoms with van der Waals surface area (Å²) in [6, 6.07) is 12.5. The van der Waals surface area contributed by atoms with Gasteiger partial charge in [-0.3, -0.25) is 20.2 Å². The minimum absolute atomic E-state index is 0.0175. The van der Waals surface area contributed by atoms with Gasteiger partial charge < -0.3 is 0 Å². The van der Waals surface area contributed by atoms with Crippen molar-refractivity contribution < 1.29 is 9.85 Å². The molecule has 2 rings (SSSR count). The summed E-state index contributed by atoms with van der Waals surface area (Å²) >= 11 is 0. The molecule has 6 heteroatoms. The van der Waals surface area contributed by atoms with Gasteiger partial charge in [0.15, 0.2) is 0 Å². The van der Waals surface area contributed by atoms with Gasteiger partial charge in [0.2, 0.25) is 0 Å². The summed E-state index contributed by atoms with van der Waals surface area (Å²) in [6.45, 7) is 0. The molecule has 0 unspecified atom stereocenters. The van der Waals surface area contributed by atoms with Gasteiger partial charge in [0.05, 0.1) is 9.85 Å². The normalized spacial score (nSPS) is 10.1. The Morgan fingerprint density at radius 2 is 1.63 bits per heavy atom. The number of nitro groups is 2. The average molecular weight is 258 g/mol. The van der Waals surface area contributed by atoms with Gasteiger partial charge in [0.25, 0.3) is 11.4 Å². The highest BCUT2D eigenvalue weighted by Crippen LogP contribution is 2.22. The minimum atomic E-state index is -0.483. The van der Waals surface area contributed by atoms with Crippen LogP contribution in [0.4, 0.5) is 11.4 Å². The lowest BCUT2D eigenvalue weighted by Crippen LogP contribution is -1.97. The van der Waals surface area contributed by atoms with E-state index in [-0.39, 0.29) is 11.4 Å². The van der Waals surface area contributed by atoms with E-state index in [1.807, 2.05) is 0 Å². The summed E-state index contributed by atoms with van der Waals surface area (Å²) < 4.78 is 0. The summed E-state index contributed by atoms with van der Waals surface area (Å²) in [6.07, 6.45) is 0.291. The van der Waals surface area contributed by atoms with Crippen LogP contribution in [0.3, 0.4) is 0 Å². The number of non-ortho nitro benzene ring substituents is 1. The van der Waals surface area contributed by atoms with Crippen molar-refractivity contribution in [1.82, 2.24) is 0 Å². The summed E-state index contributed by atoms with van der Waals surface area (Å²) in [5.41, 5.74) is 1.21. The van der Waals surface area contributed by atoms with Gasteiger partial charge in [-0.05, 0) is 5.56 Å². The third-order valence-electron chi connectivity index (χ3n) is 2.70. The fourth-order valence-corrected chi connectivity index (χ4v) is 1.84. The van der Waals surface area contributed by atoms with Gasteiger partial charge in [-0.2, -0.15) is 0 Å². The monoisotopic (exact) mass is 258 g/mol. The van der Waals surface area contributed by atoms with Crippen molar-refractivity contribution in [2.75, 3.05) is 0 Å². The zero-order chi connectivity index (χ0) is 13.8. The van der Waals surface area contributed by atoms with E-state index in [1.54, 1.807) is 30.3 Å². The number of hydrogen-bond donors (Lipinski definition) is 0. The third-order valence-corrected chi connectivity index (χ3v) is 2.70. The molecule has 2 aromatic carbocycles. The Hall–Kier alpha value is -2.76. The Morgan fingerprint density at radius 3 is 2.32 bits per heavy atom. The van der Waals surface area contributed by atoms with E-state index in [2.05, 4.69) is 0 Å². The zero-order valence-corrected chi connectivity index (χ0v) is 9.85. The van der Waals surface area contributed by atoms with Crippen LogP contribution < -0.4 is 0 Å². The minimum Gasteiger partial charge on any atom is -0.258 e. The number of rotatable bonds is 4. The van der Waals surface area contributed by atoms with Crippen LogP contribution in [-0.4, -0.2) is 9.85 Å². The Labute approximate surface area is 108 Å². The van der Waals surface area contributed by atoms with Gasteiger partial charge >= 0.3 is 0 Å². The Morgan fingerprint density at radius 1 is 0.895 bits per heavy atom. The van der Waals surface area contributed by atoms with Crippen LogP contribution >= 0.6 is 0 Å². The SMILES string of the molecule is O=[N+]([O-])c1cccc(Cc2ccccc2[N+](=O)[O-])c1. The van der Waals surface area contributed by atoms with Gasteiger partial charge in [0.1, 0.15) is 0 Å². The smallest absolute Gasteiger partial charge is 0.258 e. The fraction of sp³-hybridized carbons (Fsp3) is 0.0769. The molecule has 0 aliphatic heterocycles. The molecule has 0 radical (unpaired) electrons. The molecule has 0 aromatic heterocycles. The predicted molar refractivity (Wildman–Crippen MR) is 69.0 cm³/mol. The first-order valence-electron chi connectivity index (χ1n) is 5.53. The number of benzene rings is 2. The number of para-hydroxylation sites is 1. The molecule has 6 nitrogen and oxygen atoms in total. The van der Waals surface area contributed by atoms with Crippen molar-refractivity contribution in [3.8, 4) is 0 Å². The fourth-order valence-electron chi connectivity index (χ4n) is 1.84. The first-order chi connectivity index (χ1) is 9.08. The van der Waals surface area contributed by atoms with E-state index in [1.165, 1.54) is 18.2 Å². The molecular weight excluding hydrogens is 248 g/mol. The van der Waals surface area contributed by atoms with Gasteiger partial charge in [-0.1, -0.05) is 30.3 Å². The first-order valence-corrected chi connectivity index (χ1v) is 5.53. The van der Waals surface area contributed by atoms with E-state index in [0.717, 1.165) is 0 Å². The van der Waals surface area contributed by atoms with Crippen LogP contribution in [0.5, 0.6) is 0 Å². The molecule has 2 aromatic rings. The molecule has 0 bridgehead atoms. The molecule has 0 saturated carbocycles. The van der Waals surface area contributed by atoms with Crippen molar-refractivity contribution in [1.29, 1.82) is 0 Å². The quantitative estimate of drug-likeness (QED) is 0.622. The van der Waals surface area contributed by atoms with Crippen LogP contribution in [-0.2, 0) is 6.42 Å². The van der Waals surface area contributed by atoms with Crippen LogP contribution in [0.25, 0.3) is 0 Å². The van der Waals surface area contributed by atoms with E-state index in [4.69, 9.17) is 0 Å². The second-order valence-corrected chi connectivity index (χ2v) is 3.99. The van der Waals surface area contributed by atoms with Gasteiger partial charge in [-0.15, -0.1) is 0 Å². The molecular formula is C13H10N2O4. The molecule has 0 aliphatic rings. The lowest BCUT2D eigenvalue weighted by molar-refractivity contribution is -0.385. The average Bonchev–Trinajstić information content (AvgIpc) is 2.39. The van der Waals surface area contributed by atoms with E-state index in [0.29, 0.717) is 17.5 Å². The first kappa shape index (κ1) is 12.7. The van der Waals surface area contributed by atoms with Crippen LogP contribution in [0.2, 0.25) is 0 Å². The number of hydrogen-bond acceptors (Lipinski definition) is 4. The van der Waals surface area contributed by atoms with Crippen molar-refractivity contribution in [2.45, 2.75) is 6.42 Å². The highest BCUT2D eigenvalue weighted by Gasteiger charge is 2.13. The van der Waals surface area contributed by atoms with Crippen molar-refractivity contribution in [3.05, 3.63) is 79.9 Å². The summed E-state index contributed by atoms with van der Waals surface area (Å²) in [5.74, 6) is 0. The van der Waals surface area contributed by atoms with Gasteiger partial charge in [-0.25, -0.2) is 0 Å².